The summed E-state index contributed by atoms with van der Waals surface area (Å²) < 4.78 is 32.8. The highest BCUT2D eigenvalue weighted by Gasteiger charge is 2.31. The van der Waals surface area contributed by atoms with Crippen LogP contribution in [0.15, 0.2) is 29.2 Å². The maximum absolute atomic E-state index is 13.0. The molecule has 0 bridgehead atoms. The molecule has 1 aliphatic heterocycles. The number of hydrogen-bond donors (Lipinski definition) is 1. The van der Waals surface area contributed by atoms with Gasteiger partial charge in [-0.15, -0.1) is 12.4 Å². The maximum Gasteiger partial charge on any atom is 0.243 e. The van der Waals surface area contributed by atoms with Crippen LogP contribution in [0.25, 0.3) is 0 Å². The molecular formula is C17H29ClN2O3S. The fourth-order valence-electron chi connectivity index (χ4n) is 3.00. The summed E-state index contributed by atoms with van der Waals surface area (Å²) in [7, 11) is -1.76. The van der Waals surface area contributed by atoms with Crippen molar-refractivity contribution in [3.8, 4) is 0 Å². The lowest BCUT2D eigenvalue weighted by Crippen LogP contribution is -2.46. The Morgan fingerprint density at radius 3 is 2.38 bits per heavy atom. The zero-order chi connectivity index (χ0) is 16.7. The molecular weight excluding hydrogens is 348 g/mol. The number of rotatable bonds is 8. The van der Waals surface area contributed by atoms with Crippen LogP contribution >= 0.6 is 12.4 Å². The topological polar surface area (TPSA) is 58.6 Å². The van der Waals surface area contributed by atoms with E-state index in [1.54, 1.807) is 23.5 Å². The molecule has 1 aromatic carbocycles. The van der Waals surface area contributed by atoms with Gasteiger partial charge in [0.05, 0.1) is 11.5 Å². The van der Waals surface area contributed by atoms with E-state index in [2.05, 4.69) is 5.32 Å². The van der Waals surface area contributed by atoms with Gasteiger partial charge < -0.3 is 10.1 Å². The molecule has 0 spiro atoms. The average Bonchev–Trinajstić information content (AvgIpc) is 2.59. The second-order valence-electron chi connectivity index (χ2n) is 5.98. The van der Waals surface area contributed by atoms with E-state index < -0.39 is 10.0 Å². The van der Waals surface area contributed by atoms with E-state index in [4.69, 9.17) is 4.74 Å². The second-order valence-corrected chi connectivity index (χ2v) is 7.87. The molecule has 0 saturated carbocycles. The van der Waals surface area contributed by atoms with Gasteiger partial charge >= 0.3 is 0 Å². The van der Waals surface area contributed by atoms with Crippen molar-refractivity contribution in [1.82, 2.24) is 9.62 Å². The summed E-state index contributed by atoms with van der Waals surface area (Å²) in [6.07, 6.45) is 3.38. The fourth-order valence-corrected chi connectivity index (χ4v) is 4.77. The lowest BCUT2D eigenvalue weighted by Gasteiger charge is -2.33. The Bertz CT molecular complexity index is 572. The minimum atomic E-state index is -3.43. The summed E-state index contributed by atoms with van der Waals surface area (Å²) in [6, 6.07) is 7.33. The van der Waals surface area contributed by atoms with Crippen molar-refractivity contribution in [2.24, 2.45) is 0 Å². The molecule has 0 amide bonds. The molecule has 1 heterocycles. The van der Waals surface area contributed by atoms with Crippen LogP contribution in [0.4, 0.5) is 0 Å². The van der Waals surface area contributed by atoms with Gasteiger partial charge in [0, 0.05) is 19.7 Å². The van der Waals surface area contributed by atoms with Crippen LogP contribution in [0.2, 0.25) is 0 Å². The minimum absolute atomic E-state index is 0. The van der Waals surface area contributed by atoms with Crippen LogP contribution in [0.5, 0.6) is 0 Å². The summed E-state index contributed by atoms with van der Waals surface area (Å²) in [5.41, 5.74) is 1.09. The summed E-state index contributed by atoms with van der Waals surface area (Å²) in [4.78, 5) is 0.394. The Morgan fingerprint density at radius 1 is 1.21 bits per heavy atom. The van der Waals surface area contributed by atoms with Crippen molar-refractivity contribution >= 4 is 22.4 Å². The van der Waals surface area contributed by atoms with Gasteiger partial charge in [0.15, 0.2) is 0 Å². The third kappa shape index (κ3) is 5.43. The van der Waals surface area contributed by atoms with Gasteiger partial charge in [-0.3, -0.25) is 0 Å². The smallest absolute Gasteiger partial charge is 0.243 e. The number of benzene rings is 1. The molecule has 0 aromatic heterocycles. The van der Waals surface area contributed by atoms with Crippen molar-refractivity contribution in [3.63, 3.8) is 0 Å². The molecule has 1 aliphatic rings. The first-order valence-corrected chi connectivity index (χ1v) is 9.84. The van der Waals surface area contributed by atoms with Crippen LogP contribution in [-0.2, 0) is 21.2 Å². The molecule has 5 nitrogen and oxygen atoms in total. The monoisotopic (exact) mass is 376 g/mol. The minimum Gasteiger partial charge on any atom is -0.384 e. The van der Waals surface area contributed by atoms with Crippen LogP contribution in [-0.4, -0.2) is 52.1 Å². The molecule has 1 saturated heterocycles. The third-order valence-electron chi connectivity index (χ3n) is 4.28. The molecule has 1 aromatic rings. The van der Waals surface area contributed by atoms with Crippen molar-refractivity contribution in [1.29, 1.82) is 0 Å². The van der Waals surface area contributed by atoms with E-state index in [9.17, 15) is 8.42 Å². The predicted octanol–water partition coefficient (Wildman–Crippen LogP) is 2.45. The molecule has 0 aliphatic carbocycles. The summed E-state index contributed by atoms with van der Waals surface area (Å²) in [5.74, 6) is 0. The van der Waals surface area contributed by atoms with Crippen LogP contribution in [0.1, 0.15) is 31.7 Å². The number of methoxy groups -OCH3 is 1. The number of halogens is 1. The Labute approximate surface area is 152 Å². The number of sulfonamides is 1. The molecule has 138 valence electrons. The Hall–Kier alpha value is -0.660. The lowest BCUT2D eigenvalue weighted by molar-refractivity contribution is 0.202. The molecule has 2 rings (SSSR count). The Balaban J connectivity index is 0.00000288. The quantitative estimate of drug-likeness (QED) is 0.757. The van der Waals surface area contributed by atoms with E-state index in [-0.39, 0.29) is 18.4 Å². The first-order valence-electron chi connectivity index (χ1n) is 8.40. The van der Waals surface area contributed by atoms with Crippen LogP contribution < -0.4 is 5.32 Å². The fraction of sp³-hybridized carbons (Fsp3) is 0.647. The zero-order valence-electron chi connectivity index (χ0n) is 14.5. The Kier molecular flexibility index (Phi) is 9.23. The maximum atomic E-state index is 13.0. The van der Waals surface area contributed by atoms with Gasteiger partial charge in [-0.1, -0.05) is 19.1 Å². The van der Waals surface area contributed by atoms with Crippen LogP contribution in [0, 0.1) is 0 Å². The normalized spacial score (nSPS) is 16.1. The van der Waals surface area contributed by atoms with E-state index in [1.165, 1.54) is 0 Å². The predicted molar refractivity (Wildman–Crippen MR) is 99.3 cm³/mol. The molecule has 0 radical (unpaired) electrons. The molecule has 1 N–H and O–H groups in total. The number of ether oxygens (including phenoxy) is 1. The lowest BCUT2D eigenvalue weighted by atomic mass is 10.1. The zero-order valence-corrected chi connectivity index (χ0v) is 16.2. The highest BCUT2D eigenvalue weighted by Crippen LogP contribution is 2.23. The second kappa shape index (κ2) is 10.4. The molecule has 24 heavy (non-hydrogen) atoms. The number of nitrogens with one attached hydrogen (secondary N) is 1. The van der Waals surface area contributed by atoms with Gasteiger partial charge in [0.1, 0.15) is 0 Å². The first kappa shape index (κ1) is 21.4. The SMILES string of the molecule is CCCN(C1CCNCC1)S(=O)(=O)c1ccc(CCOC)cc1.Cl. The number of piperidine rings is 1. The summed E-state index contributed by atoms with van der Waals surface area (Å²) >= 11 is 0. The van der Waals surface area contributed by atoms with Crippen molar-refractivity contribution in [2.75, 3.05) is 33.4 Å². The number of hydrogen-bond acceptors (Lipinski definition) is 4. The van der Waals surface area contributed by atoms with Gasteiger partial charge in [-0.2, -0.15) is 4.31 Å². The van der Waals surface area contributed by atoms with Gasteiger partial charge in [0.25, 0.3) is 0 Å². The molecule has 7 heteroatoms. The van der Waals surface area contributed by atoms with E-state index in [1.807, 2.05) is 19.1 Å². The average molecular weight is 377 g/mol. The molecule has 1 fully saturated rings. The molecule has 0 atom stereocenters. The summed E-state index contributed by atoms with van der Waals surface area (Å²) in [6.45, 7) is 5.02. The summed E-state index contributed by atoms with van der Waals surface area (Å²) in [5, 5.41) is 3.30. The van der Waals surface area contributed by atoms with E-state index >= 15 is 0 Å². The Morgan fingerprint density at radius 2 is 1.83 bits per heavy atom. The highest BCUT2D eigenvalue weighted by atomic mass is 35.5. The first-order chi connectivity index (χ1) is 11.1. The van der Waals surface area contributed by atoms with Crippen molar-refractivity contribution in [2.45, 2.75) is 43.5 Å². The van der Waals surface area contributed by atoms with Gasteiger partial charge in [-0.25, -0.2) is 8.42 Å². The van der Waals surface area contributed by atoms with E-state index in [0.29, 0.717) is 18.0 Å². The van der Waals surface area contributed by atoms with Crippen molar-refractivity contribution < 1.29 is 13.2 Å². The van der Waals surface area contributed by atoms with E-state index in [0.717, 1.165) is 44.3 Å². The van der Waals surface area contributed by atoms with Crippen LogP contribution in [0.3, 0.4) is 0 Å². The van der Waals surface area contributed by atoms with Gasteiger partial charge in [0.2, 0.25) is 10.0 Å². The third-order valence-corrected chi connectivity index (χ3v) is 6.25. The largest absolute Gasteiger partial charge is 0.384 e. The molecule has 0 unspecified atom stereocenters. The standard InChI is InChI=1S/C17H28N2O3S.ClH/c1-3-13-19(16-8-11-18-12-9-16)23(20,21)17-6-4-15(5-7-17)10-14-22-2;/h4-7,16,18H,3,8-14H2,1-2H3;1H. The van der Waals surface area contributed by atoms with Crippen molar-refractivity contribution in [3.05, 3.63) is 29.8 Å². The van der Waals surface area contributed by atoms with Gasteiger partial charge in [-0.05, 0) is 56.5 Å². The highest BCUT2D eigenvalue weighted by molar-refractivity contribution is 7.89. The number of nitrogens with zero attached hydrogens (tertiary/aromatic N) is 1.